The van der Waals surface area contributed by atoms with Crippen LogP contribution in [0.3, 0.4) is 0 Å². The molecule has 0 saturated carbocycles. The SMILES string of the molecule is O=C(NCC(F)(F)F)N1CCCc2ccccc21. The van der Waals surface area contributed by atoms with Crippen molar-refractivity contribution in [1.29, 1.82) is 0 Å². The van der Waals surface area contributed by atoms with E-state index in [1.807, 2.05) is 17.4 Å². The second-order valence-electron chi connectivity index (χ2n) is 4.16. The summed E-state index contributed by atoms with van der Waals surface area (Å²) in [5.74, 6) is 0. The number of aryl methyl sites for hydroxylation is 1. The van der Waals surface area contributed by atoms with Crippen LogP contribution in [0.4, 0.5) is 23.7 Å². The molecule has 2 rings (SSSR count). The third kappa shape index (κ3) is 2.94. The summed E-state index contributed by atoms with van der Waals surface area (Å²) in [5.41, 5.74) is 1.69. The summed E-state index contributed by atoms with van der Waals surface area (Å²) in [5, 5.41) is 1.90. The number of hydrogen-bond donors (Lipinski definition) is 1. The van der Waals surface area contributed by atoms with Gasteiger partial charge in [-0.15, -0.1) is 0 Å². The van der Waals surface area contributed by atoms with E-state index in [9.17, 15) is 18.0 Å². The molecule has 18 heavy (non-hydrogen) atoms. The van der Waals surface area contributed by atoms with E-state index in [4.69, 9.17) is 0 Å². The highest BCUT2D eigenvalue weighted by atomic mass is 19.4. The molecule has 0 aliphatic carbocycles. The van der Waals surface area contributed by atoms with Crippen LogP contribution in [0, 0.1) is 0 Å². The summed E-state index contributed by atoms with van der Waals surface area (Å²) in [6.45, 7) is -0.856. The van der Waals surface area contributed by atoms with Gasteiger partial charge < -0.3 is 5.32 Å². The first-order chi connectivity index (χ1) is 8.47. The molecule has 0 aromatic heterocycles. The summed E-state index contributed by atoms with van der Waals surface area (Å²) in [7, 11) is 0. The Bertz CT molecular complexity index is 445. The molecule has 3 nitrogen and oxygen atoms in total. The molecule has 0 atom stereocenters. The topological polar surface area (TPSA) is 32.3 Å². The molecular weight excluding hydrogens is 245 g/mol. The summed E-state index contributed by atoms with van der Waals surface area (Å²) in [4.78, 5) is 13.1. The molecule has 1 aromatic carbocycles. The van der Waals surface area contributed by atoms with Gasteiger partial charge in [0.25, 0.3) is 0 Å². The monoisotopic (exact) mass is 258 g/mol. The van der Waals surface area contributed by atoms with Gasteiger partial charge in [-0.3, -0.25) is 4.90 Å². The van der Waals surface area contributed by atoms with Crippen molar-refractivity contribution in [2.75, 3.05) is 18.0 Å². The van der Waals surface area contributed by atoms with E-state index in [-0.39, 0.29) is 0 Å². The minimum Gasteiger partial charge on any atom is -0.329 e. The molecule has 1 aromatic rings. The lowest BCUT2D eigenvalue weighted by Crippen LogP contribution is -2.45. The van der Waals surface area contributed by atoms with Crippen molar-refractivity contribution in [2.45, 2.75) is 19.0 Å². The molecule has 6 heteroatoms. The number of carbonyl (C=O) groups excluding carboxylic acids is 1. The molecule has 0 unspecified atom stereocenters. The molecule has 1 heterocycles. The van der Waals surface area contributed by atoms with Crippen LogP contribution < -0.4 is 10.2 Å². The van der Waals surface area contributed by atoms with Gasteiger partial charge in [0, 0.05) is 12.2 Å². The molecule has 2 amide bonds. The van der Waals surface area contributed by atoms with Crippen LogP contribution in [0.5, 0.6) is 0 Å². The lowest BCUT2D eigenvalue weighted by Gasteiger charge is -2.29. The summed E-state index contributed by atoms with van der Waals surface area (Å²) < 4.78 is 36.1. The highest BCUT2D eigenvalue weighted by Gasteiger charge is 2.30. The molecule has 1 aliphatic heterocycles. The molecule has 98 valence electrons. The van der Waals surface area contributed by atoms with E-state index in [1.54, 1.807) is 12.1 Å². The van der Waals surface area contributed by atoms with Gasteiger partial charge in [0.2, 0.25) is 0 Å². The molecular formula is C12H13F3N2O. The molecule has 0 saturated heterocycles. The summed E-state index contributed by atoms with van der Waals surface area (Å²) >= 11 is 0. The first-order valence-corrected chi connectivity index (χ1v) is 5.67. The highest BCUT2D eigenvalue weighted by molar-refractivity contribution is 5.93. The lowest BCUT2D eigenvalue weighted by molar-refractivity contribution is -0.122. The maximum atomic E-state index is 12.0. The fourth-order valence-corrected chi connectivity index (χ4v) is 2.02. The van der Waals surface area contributed by atoms with Crippen LogP contribution >= 0.6 is 0 Å². The normalized spacial score (nSPS) is 15.2. The Hall–Kier alpha value is -1.72. The van der Waals surface area contributed by atoms with Crippen LogP contribution in [0.2, 0.25) is 0 Å². The predicted octanol–water partition coefficient (Wildman–Crippen LogP) is 2.71. The molecule has 0 fully saturated rings. The van der Waals surface area contributed by atoms with Crippen LogP contribution in [-0.4, -0.2) is 25.3 Å². The maximum absolute atomic E-state index is 12.0. The first-order valence-electron chi connectivity index (χ1n) is 5.67. The Balaban J connectivity index is 2.08. The van der Waals surface area contributed by atoms with Crippen LogP contribution in [0.15, 0.2) is 24.3 Å². The minimum atomic E-state index is -4.38. The quantitative estimate of drug-likeness (QED) is 0.825. The number of rotatable bonds is 1. The summed E-state index contributed by atoms with van der Waals surface area (Å²) in [6, 6.07) is 6.57. The third-order valence-corrected chi connectivity index (χ3v) is 2.80. The minimum absolute atomic E-state index is 0.445. The number of carbonyl (C=O) groups is 1. The molecule has 0 bridgehead atoms. The fourth-order valence-electron chi connectivity index (χ4n) is 2.02. The van der Waals surface area contributed by atoms with E-state index < -0.39 is 18.8 Å². The van der Waals surface area contributed by atoms with Gasteiger partial charge in [0.15, 0.2) is 0 Å². The van der Waals surface area contributed by atoms with E-state index in [2.05, 4.69) is 0 Å². The highest BCUT2D eigenvalue weighted by Crippen LogP contribution is 2.26. The lowest BCUT2D eigenvalue weighted by atomic mass is 10.0. The molecule has 1 aliphatic rings. The number of fused-ring (bicyclic) bond motifs is 1. The smallest absolute Gasteiger partial charge is 0.329 e. The number of hydrogen-bond acceptors (Lipinski definition) is 1. The van der Waals surface area contributed by atoms with Crippen molar-refractivity contribution in [1.82, 2.24) is 5.32 Å². The molecule has 0 radical (unpaired) electrons. The number of urea groups is 1. The van der Waals surface area contributed by atoms with E-state index in [1.165, 1.54) is 4.90 Å². The Morgan fingerprint density at radius 1 is 1.33 bits per heavy atom. The standard InChI is InChI=1S/C12H13F3N2O/c13-12(14,15)8-16-11(18)17-7-3-5-9-4-1-2-6-10(9)17/h1-2,4,6H,3,5,7-8H2,(H,16,18). The van der Waals surface area contributed by atoms with Gasteiger partial charge in [-0.2, -0.15) is 13.2 Å². The van der Waals surface area contributed by atoms with Crippen molar-refractivity contribution in [3.63, 3.8) is 0 Å². The van der Waals surface area contributed by atoms with Crippen LogP contribution in [-0.2, 0) is 6.42 Å². The van der Waals surface area contributed by atoms with Gasteiger partial charge in [-0.1, -0.05) is 18.2 Å². The largest absolute Gasteiger partial charge is 0.405 e. The van der Waals surface area contributed by atoms with Gasteiger partial charge in [0.05, 0.1) is 0 Å². The maximum Gasteiger partial charge on any atom is 0.405 e. The Morgan fingerprint density at radius 2 is 2.06 bits per heavy atom. The van der Waals surface area contributed by atoms with Crippen molar-refractivity contribution in [2.24, 2.45) is 0 Å². The molecule has 1 N–H and O–H groups in total. The van der Waals surface area contributed by atoms with Gasteiger partial charge in [-0.05, 0) is 24.5 Å². The number of alkyl halides is 3. The zero-order valence-electron chi connectivity index (χ0n) is 9.63. The van der Waals surface area contributed by atoms with Crippen molar-refractivity contribution in [3.8, 4) is 0 Å². The van der Waals surface area contributed by atoms with Crippen molar-refractivity contribution >= 4 is 11.7 Å². The predicted molar refractivity (Wildman–Crippen MR) is 61.6 cm³/mol. The van der Waals surface area contributed by atoms with E-state index in [0.29, 0.717) is 12.2 Å². The Labute approximate surface area is 103 Å². The Kier molecular flexibility index (Phi) is 3.45. The number of nitrogens with one attached hydrogen (secondary N) is 1. The van der Waals surface area contributed by atoms with E-state index in [0.717, 1.165) is 18.4 Å². The first kappa shape index (κ1) is 12.7. The van der Waals surface area contributed by atoms with Crippen LogP contribution in [0.25, 0.3) is 0 Å². The van der Waals surface area contributed by atoms with Crippen molar-refractivity contribution < 1.29 is 18.0 Å². The summed E-state index contributed by atoms with van der Waals surface area (Å²) in [6.07, 6.45) is -2.78. The van der Waals surface area contributed by atoms with Crippen LogP contribution in [0.1, 0.15) is 12.0 Å². The second-order valence-corrected chi connectivity index (χ2v) is 4.16. The number of halogens is 3. The Morgan fingerprint density at radius 3 is 2.78 bits per heavy atom. The number of nitrogens with zero attached hydrogens (tertiary/aromatic N) is 1. The van der Waals surface area contributed by atoms with Gasteiger partial charge in [-0.25, -0.2) is 4.79 Å². The van der Waals surface area contributed by atoms with Crippen molar-refractivity contribution in [3.05, 3.63) is 29.8 Å². The van der Waals surface area contributed by atoms with Gasteiger partial charge in [0.1, 0.15) is 6.54 Å². The number of para-hydroxylation sites is 1. The average Bonchev–Trinajstić information content (AvgIpc) is 2.34. The fraction of sp³-hybridized carbons (Fsp3) is 0.417. The number of benzene rings is 1. The average molecular weight is 258 g/mol. The van der Waals surface area contributed by atoms with E-state index >= 15 is 0 Å². The number of anilines is 1. The number of amides is 2. The van der Waals surface area contributed by atoms with Gasteiger partial charge >= 0.3 is 12.2 Å². The third-order valence-electron chi connectivity index (χ3n) is 2.80. The molecule has 0 spiro atoms. The second kappa shape index (κ2) is 4.88. The zero-order valence-corrected chi connectivity index (χ0v) is 9.63. The zero-order chi connectivity index (χ0) is 13.2.